The minimum absolute atomic E-state index is 0.0632. The van der Waals surface area contributed by atoms with Crippen LogP contribution in [0, 0.1) is 0 Å². The van der Waals surface area contributed by atoms with Gasteiger partial charge in [-0.1, -0.05) is 6.58 Å². The van der Waals surface area contributed by atoms with E-state index in [-0.39, 0.29) is 19.3 Å². The van der Waals surface area contributed by atoms with E-state index >= 15 is 0 Å². The van der Waals surface area contributed by atoms with E-state index in [9.17, 15) is 14.4 Å². The fourth-order valence-corrected chi connectivity index (χ4v) is 0.391. The molecule has 0 unspecified atom stereocenters. The molecular formula is C8H12O6. The molecule has 0 atom stereocenters. The first-order valence-electron chi connectivity index (χ1n) is 3.69. The fraction of sp³-hybridized carbons (Fsp3) is 0.375. The van der Waals surface area contributed by atoms with Crippen LogP contribution in [-0.2, 0) is 14.4 Å². The largest absolute Gasteiger partial charge is 0.481 e. The average Bonchev–Trinajstić information content (AvgIpc) is 2.04. The van der Waals surface area contributed by atoms with Gasteiger partial charge in [-0.05, 0) is 6.42 Å². The maximum absolute atomic E-state index is 9.79. The van der Waals surface area contributed by atoms with Crippen LogP contribution in [-0.4, -0.2) is 33.2 Å². The molecule has 0 bridgehead atoms. The molecule has 0 aliphatic heterocycles. The molecule has 0 amide bonds. The van der Waals surface area contributed by atoms with E-state index < -0.39 is 17.9 Å². The summed E-state index contributed by atoms with van der Waals surface area (Å²) in [5.41, 5.74) is 0. The monoisotopic (exact) mass is 204 g/mol. The van der Waals surface area contributed by atoms with Crippen molar-refractivity contribution in [3.8, 4) is 0 Å². The summed E-state index contributed by atoms with van der Waals surface area (Å²) in [6.07, 6.45) is 0.920. The Bertz CT molecular complexity index is 206. The van der Waals surface area contributed by atoms with Crippen LogP contribution in [0.1, 0.15) is 19.3 Å². The predicted octanol–water partition coefficient (Wildman–Crippen LogP) is 0.583. The lowest BCUT2D eigenvalue weighted by Crippen LogP contribution is -1.98. The molecule has 0 aromatic carbocycles. The number of rotatable bonds is 5. The van der Waals surface area contributed by atoms with Gasteiger partial charge < -0.3 is 15.3 Å². The predicted molar refractivity (Wildman–Crippen MR) is 47.0 cm³/mol. The van der Waals surface area contributed by atoms with Gasteiger partial charge in [0, 0.05) is 18.9 Å². The van der Waals surface area contributed by atoms with Crippen LogP contribution in [0.3, 0.4) is 0 Å². The molecule has 0 radical (unpaired) electrons. The number of carboxylic acid groups (broad SMARTS) is 3. The van der Waals surface area contributed by atoms with E-state index in [2.05, 4.69) is 6.58 Å². The minimum atomic E-state index is -0.981. The molecule has 0 aliphatic carbocycles. The van der Waals surface area contributed by atoms with Crippen LogP contribution >= 0.6 is 0 Å². The first-order chi connectivity index (χ1) is 6.40. The lowest BCUT2D eigenvalue weighted by atomic mass is 10.2. The molecule has 0 rings (SSSR count). The highest BCUT2D eigenvalue weighted by Gasteiger charge is 1.99. The molecule has 0 aliphatic rings. The lowest BCUT2D eigenvalue weighted by Gasteiger charge is -1.89. The summed E-state index contributed by atoms with van der Waals surface area (Å²) in [5.74, 6) is -2.88. The second-order valence-corrected chi connectivity index (χ2v) is 2.18. The van der Waals surface area contributed by atoms with E-state index in [1.807, 2.05) is 0 Å². The van der Waals surface area contributed by atoms with E-state index in [1.165, 1.54) is 0 Å². The maximum atomic E-state index is 9.79. The zero-order valence-electron chi connectivity index (χ0n) is 7.47. The van der Waals surface area contributed by atoms with Crippen molar-refractivity contribution in [2.45, 2.75) is 19.3 Å². The summed E-state index contributed by atoms with van der Waals surface area (Å²) in [4.78, 5) is 28.8. The molecule has 0 heterocycles. The molecule has 0 aromatic heterocycles. The third-order valence-electron chi connectivity index (χ3n) is 0.956. The van der Waals surface area contributed by atoms with Crippen molar-refractivity contribution in [1.82, 2.24) is 0 Å². The third-order valence-corrected chi connectivity index (χ3v) is 0.956. The zero-order chi connectivity index (χ0) is 11.6. The minimum Gasteiger partial charge on any atom is -0.481 e. The Morgan fingerprint density at radius 2 is 1.29 bits per heavy atom. The topological polar surface area (TPSA) is 112 Å². The van der Waals surface area contributed by atoms with Gasteiger partial charge >= 0.3 is 17.9 Å². The van der Waals surface area contributed by atoms with Crippen LogP contribution in [0.25, 0.3) is 0 Å². The number of hydrogen-bond donors (Lipinski definition) is 3. The SMILES string of the molecule is C=CC(=O)O.O=C(O)CCCC(=O)O. The summed E-state index contributed by atoms with van der Waals surface area (Å²) < 4.78 is 0. The van der Waals surface area contributed by atoms with Crippen molar-refractivity contribution in [3.63, 3.8) is 0 Å². The number of hydrogen-bond acceptors (Lipinski definition) is 3. The van der Waals surface area contributed by atoms with Gasteiger partial charge in [-0.15, -0.1) is 0 Å². The van der Waals surface area contributed by atoms with E-state index in [0.717, 1.165) is 6.08 Å². The van der Waals surface area contributed by atoms with Crippen LogP contribution in [0.4, 0.5) is 0 Å². The molecule has 0 fully saturated rings. The van der Waals surface area contributed by atoms with Crippen molar-refractivity contribution in [2.75, 3.05) is 0 Å². The molecule has 0 aromatic rings. The van der Waals surface area contributed by atoms with Crippen molar-refractivity contribution in [1.29, 1.82) is 0 Å². The molecule has 3 N–H and O–H groups in total. The van der Waals surface area contributed by atoms with Gasteiger partial charge in [-0.2, -0.15) is 0 Å². The van der Waals surface area contributed by atoms with Crippen LogP contribution in [0.5, 0.6) is 0 Å². The van der Waals surface area contributed by atoms with Gasteiger partial charge in [0.2, 0.25) is 0 Å². The highest BCUT2D eigenvalue weighted by Crippen LogP contribution is 1.93. The van der Waals surface area contributed by atoms with Gasteiger partial charge in [-0.25, -0.2) is 4.79 Å². The van der Waals surface area contributed by atoms with Crippen LogP contribution in [0.2, 0.25) is 0 Å². The first-order valence-corrected chi connectivity index (χ1v) is 3.69. The standard InChI is InChI=1S/C5H8O4.C3H4O2/c6-4(7)2-1-3-5(8)9;1-2-3(4)5/h1-3H2,(H,6,7)(H,8,9);2H,1H2,(H,4,5). The smallest absolute Gasteiger partial charge is 0.327 e. The summed E-state index contributed by atoms with van der Waals surface area (Å²) in [6, 6.07) is 0. The Balaban J connectivity index is 0. The zero-order valence-corrected chi connectivity index (χ0v) is 7.47. The quantitative estimate of drug-likeness (QED) is 0.565. The number of carboxylic acids is 3. The molecular weight excluding hydrogens is 192 g/mol. The number of carbonyl (C=O) groups is 3. The maximum Gasteiger partial charge on any atom is 0.327 e. The second-order valence-electron chi connectivity index (χ2n) is 2.18. The molecule has 0 saturated heterocycles. The van der Waals surface area contributed by atoms with E-state index in [1.54, 1.807) is 0 Å². The summed E-state index contributed by atoms with van der Waals surface area (Å²) in [7, 11) is 0. The third kappa shape index (κ3) is 22.5. The molecule has 14 heavy (non-hydrogen) atoms. The first kappa shape index (κ1) is 14.7. The van der Waals surface area contributed by atoms with Crippen molar-refractivity contribution >= 4 is 17.9 Å². The lowest BCUT2D eigenvalue weighted by molar-refractivity contribution is -0.138. The molecule has 0 spiro atoms. The van der Waals surface area contributed by atoms with Gasteiger partial charge in [0.1, 0.15) is 0 Å². The summed E-state index contributed by atoms with van der Waals surface area (Å²) >= 11 is 0. The average molecular weight is 204 g/mol. The van der Waals surface area contributed by atoms with Gasteiger partial charge in [0.15, 0.2) is 0 Å². The molecule has 80 valence electrons. The normalized spacial score (nSPS) is 8.00. The van der Waals surface area contributed by atoms with Crippen molar-refractivity contribution < 1.29 is 29.7 Å². The highest BCUT2D eigenvalue weighted by atomic mass is 16.4. The highest BCUT2D eigenvalue weighted by molar-refractivity contribution is 5.78. The Labute approximate surface area is 80.5 Å². The Morgan fingerprint density at radius 1 is 1.00 bits per heavy atom. The molecule has 0 saturated carbocycles. The summed E-state index contributed by atoms with van der Waals surface area (Å²) in [5, 5.41) is 23.7. The van der Waals surface area contributed by atoms with Crippen molar-refractivity contribution in [2.24, 2.45) is 0 Å². The second kappa shape index (κ2) is 9.24. The van der Waals surface area contributed by atoms with Gasteiger partial charge in [0.05, 0.1) is 0 Å². The van der Waals surface area contributed by atoms with Crippen LogP contribution < -0.4 is 0 Å². The Morgan fingerprint density at radius 3 is 1.43 bits per heavy atom. The molecule has 6 nitrogen and oxygen atoms in total. The fourth-order valence-electron chi connectivity index (χ4n) is 0.391. The van der Waals surface area contributed by atoms with Gasteiger partial charge in [0.25, 0.3) is 0 Å². The van der Waals surface area contributed by atoms with E-state index in [0.29, 0.717) is 0 Å². The van der Waals surface area contributed by atoms with Crippen LogP contribution in [0.15, 0.2) is 12.7 Å². The van der Waals surface area contributed by atoms with Crippen molar-refractivity contribution in [3.05, 3.63) is 12.7 Å². The number of aliphatic carboxylic acids is 3. The Kier molecular flexibility index (Phi) is 9.68. The molecule has 6 heteroatoms. The summed E-state index contributed by atoms with van der Waals surface area (Å²) in [6.45, 7) is 2.96. The van der Waals surface area contributed by atoms with Gasteiger partial charge in [-0.3, -0.25) is 9.59 Å². The van der Waals surface area contributed by atoms with E-state index in [4.69, 9.17) is 15.3 Å². The Hall–Kier alpha value is -1.85.